The second kappa shape index (κ2) is 7.91. The van der Waals surface area contributed by atoms with Crippen molar-refractivity contribution < 1.29 is 28.5 Å². The lowest BCUT2D eigenvalue weighted by molar-refractivity contribution is 0.0471. The second-order valence-electron chi connectivity index (χ2n) is 5.92. The van der Waals surface area contributed by atoms with Gasteiger partial charge >= 0.3 is 5.97 Å². The molecule has 0 spiro atoms. The average molecular weight is 356 g/mol. The maximum absolute atomic E-state index is 12.4. The molecule has 0 fully saturated rings. The summed E-state index contributed by atoms with van der Waals surface area (Å²) in [4.78, 5) is 24.7. The zero-order chi connectivity index (χ0) is 18.5. The number of carbonyl (C=O) groups excluding carboxylic acids is 2. The lowest BCUT2D eigenvalue weighted by Crippen LogP contribution is -2.15. The first-order chi connectivity index (χ1) is 12.6. The van der Waals surface area contributed by atoms with Crippen LogP contribution in [0.4, 0.5) is 0 Å². The van der Waals surface area contributed by atoms with Gasteiger partial charge in [0.15, 0.2) is 23.9 Å². The zero-order valence-electron chi connectivity index (χ0n) is 14.7. The molecule has 0 aliphatic carbocycles. The Morgan fingerprint density at radius 3 is 2.58 bits per heavy atom. The summed E-state index contributed by atoms with van der Waals surface area (Å²) in [7, 11) is 1.48. The molecule has 0 radical (unpaired) electrons. The van der Waals surface area contributed by atoms with Crippen LogP contribution in [0.5, 0.6) is 17.2 Å². The number of Topliss-reactive ketones (excluding diaryl/α,β-unsaturated/α-hetero) is 1. The summed E-state index contributed by atoms with van der Waals surface area (Å²) in [5, 5.41) is 0. The number of hydrogen-bond donors (Lipinski definition) is 0. The Labute approximate surface area is 151 Å². The van der Waals surface area contributed by atoms with Gasteiger partial charge in [-0.25, -0.2) is 4.79 Å². The van der Waals surface area contributed by atoms with E-state index in [1.165, 1.54) is 7.11 Å². The van der Waals surface area contributed by atoms with Gasteiger partial charge in [0.25, 0.3) is 0 Å². The number of aryl methyl sites for hydroxylation is 1. The van der Waals surface area contributed by atoms with Crippen LogP contribution in [-0.4, -0.2) is 38.7 Å². The molecule has 1 aliphatic heterocycles. The monoisotopic (exact) mass is 356 g/mol. The summed E-state index contributed by atoms with van der Waals surface area (Å²) < 4.78 is 21.5. The summed E-state index contributed by atoms with van der Waals surface area (Å²) in [6, 6.07) is 10.1. The highest BCUT2D eigenvalue weighted by molar-refractivity contribution is 6.00. The molecule has 6 heteroatoms. The van der Waals surface area contributed by atoms with Gasteiger partial charge in [0.2, 0.25) is 0 Å². The fourth-order valence-electron chi connectivity index (χ4n) is 2.61. The smallest absolute Gasteiger partial charge is 0.342 e. The van der Waals surface area contributed by atoms with Crippen LogP contribution in [-0.2, 0) is 4.74 Å². The molecule has 0 atom stereocenters. The summed E-state index contributed by atoms with van der Waals surface area (Å²) in [6.07, 6.45) is 0.786. The molecule has 1 heterocycles. The Bertz CT molecular complexity index is 827. The maximum atomic E-state index is 12.4. The molecule has 0 bridgehead atoms. The largest absolute Gasteiger partial charge is 0.496 e. The summed E-state index contributed by atoms with van der Waals surface area (Å²) >= 11 is 0. The van der Waals surface area contributed by atoms with E-state index in [1.807, 2.05) is 13.0 Å². The second-order valence-corrected chi connectivity index (χ2v) is 5.92. The number of hydrogen-bond acceptors (Lipinski definition) is 6. The van der Waals surface area contributed by atoms with Crippen molar-refractivity contribution in [2.45, 2.75) is 13.3 Å². The van der Waals surface area contributed by atoms with Gasteiger partial charge in [-0.3, -0.25) is 4.79 Å². The highest BCUT2D eigenvalue weighted by Gasteiger charge is 2.18. The predicted octanol–water partition coefficient (Wildman–Crippen LogP) is 3.20. The van der Waals surface area contributed by atoms with E-state index in [4.69, 9.17) is 18.9 Å². The van der Waals surface area contributed by atoms with Crippen LogP contribution in [0.3, 0.4) is 0 Å². The molecule has 2 aromatic carbocycles. The fraction of sp³-hybridized carbons (Fsp3) is 0.300. The van der Waals surface area contributed by atoms with E-state index in [9.17, 15) is 9.59 Å². The van der Waals surface area contributed by atoms with Gasteiger partial charge in [0, 0.05) is 12.0 Å². The minimum Gasteiger partial charge on any atom is -0.496 e. The molecular weight excluding hydrogens is 336 g/mol. The highest BCUT2D eigenvalue weighted by Crippen LogP contribution is 2.30. The Balaban J connectivity index is 1.68. The third-order valence-corrected chi connectivity index (χ3v) is 3.98. The molecule has 26 heavy (non-hydrogen) atoms. The van der Waals surface area contributed by atoms with Gasteiger partial charge in [-0.1, -0.05) is 11.6 Å². The first-order valence-corrected chi connectivity index (χ1v) is 8.33. The van der Waals surface area contributed by atoms with Crippen molar-refractivity contribution in [2.75, 3.05) is 26.9 Å². The Hall–Kier alpha value is -3.02. The van der Waals surface area contributed by atoms with Crippen molar-refractivity contribution in [3.05, 3.63) is 53.1 Å². The minimum absolute atomic E-state index is 0.291. The Kier molecular flexibility index (Phi) is 5.41. The van der Waals surface area contributed by atoms with Gasteiger partial charge in [-0.2, -0.15) is 0 Å². The SMILES string of the molecule is COc1ccc(C)cc1C(=O)OCC(=O)c1ccc2c(c1)OCCCO2. The minimum atomic E-state index is -0.603. The zero-order valence-corrected chi connectivity index (χ0v) is 14.7. The fourth-order valence-corrected chi connectivity index (χ4v) is 2.61. The molecule has 0 amide bonds. The van der Waals surface area contributed by atoms with Crippen LogP contribution in [0.15, 0.2) is 36.4 Å². The van der Waals surface area contributed by atoms with Crippen molar-refractivity contribution in [3.63, 3.8) is 0 Å². The van der Waals surface area contributed by atoms with E-state index in [-0.39, 0.29) is 12.4 Å². The molecule has 0 saturated carbocycles. The molecule has 0 aromatic heterocycles. The average Bonchev–Trinajstić information content (AvgIpc) is 2.90. The van der Waals surface area contributed by atoms with Gasteiger partial charge in [0.05, 0.1) is 20.3 Å². The quantitative estimate of drug-likeness (QED) is 0.605. The van der Waals surface area contributed by atoms with E-state index >= 15 is 0 Å². The van der Waals surface area contributed by atoms with E-state index in [0.717, 1.165) is 12.0 Å². The van der Waals surface area contributed by atoms with Crippen LogP contribution in [0.1, 0.15) is 32.7 Å². The topological polar surface area (TPSA) is 71.1 Å². The van der Waals surface area contributed by atoms with E-state index in [2.05, 4.69) is 0 Å². The van der Waals surface area contributed by atoms with E-state index in [0.29, 0.717) is 41.6 Å². The number of esters is 1. The van der Waals surface area contributed by atoms with Gasteiger partial charge in [0.1, 0.15) is 11.3 Å². The van der Waals surface area contributed by atoms with Crippen molar-refractivity contribution in [2.24, 2.45) is 0 Å². The maximum Gasteiger partial charge on any atom is 0.342 e. The Morgan fingerprint density at radius 2 is 1.81 bits per heavy atom. The van der Waals surface area contributed by atoms with Crippen molar-refractivity contribution in [1.82, 2.24) is 0 Å². The third-order valence-electron chi connectivity index (χ3n) is 3.98. The lowest BCUT2D eigenvalue weighted by atomic mass is 10.1. The van der Waals surface area contributed by atoms with Gasteiger partial charge < -0.3 is 18.9 Å². The predicted molar refractivity (Wildman–Crippen MR) is 94.4 cm³/mol. The number of ether oxygens (including phenoxy) is 4. The Morgan fingerprint density at radius 1 is 1.04 bits per heavy atom. The lowest BCUT2D eigenvalue weighted by Gasteiger charge is -2.11. The number of methoxy groups -OCH3 is 1. The first kappa shape index (κ1) is 17.8. The van der Waals surface area contributed by atoms with E-state index < -0.39 is 5.97 Å². The molecule has 136 valence electrons. The summed E-state index contributed by atoms with van der Waals surface area (Å²) in [5.74, 6) is 0.623. The van der Waals surface area contributed by atoms with Gasteiger partial charge in [-0.05, 0) is 37.3 Å². The number of fused-ring (bicyclic) bond motifs is 1. The molecule has 0 N–H and O–H groups in total. The third kappa shape index (κ3) is 3.96. The van der Waals surface area contributed by atoms with Crippen LogP contribution >= 0.6 is 0 Å². The van der Waals surface area contributed by atoms with Crippen LogP contribution in [0, 0.1) is 6.92 Å². The van der Waals surface area contributed by atoms with Crippen LogP contribution in [0.25, 0.3) is 0 Å². The van der Waals surface area contributed by atoms with Gasteiger partial charge in [-0.15, -0.1) is 0 Å². The number of ketones is 1. The molecule has 2 aromatic rings. The molecule has 6 nitrogen and oxygen atoms in total. The number of benzene rings is 2. The number of rotatable bonds is 5. The first-order valence-electron chi connectivity index (χ1n) is 8.33. The van der Waals surface area contributed by atoms with Crippen molar-refractivity contribution in [1.29, 1.82) is 0 Å². The van der Waals surface area contributed by atoms with Crippen molar-refractivity contribution >= 4 is 11.8 Å². The summed E-state index contributed by atoms with van der Waals surface area (Å²) in [6.45, 7) is 2.61. The van der Waals surface area contributed by atoms with Crippen LogP contribution < -0.4 is 14.2 Å². The molecule has 0 unspecified atom stereocenters. The normalized spacial score (nSPS) is 12.8. The molecule has 1 aliphatic rings. The molecule has 3 rings (SSSR count). The standard InChI is InChI=1S/C20H20O6/c1-13-4-6-17(23-2)15(10-13)20(22)26-12-16(21)14-5-7-18-19(11-14)25-9-3-8-24-18/h4-7,10-11H,3,8-9,12H2,1-2H3. The molecule has 0 saturated heterocycles. The molecular formula is C20H20O6. The highest BCUT2D eigenvalue weighted by atomic mass is 16.5. The van der Waals surface area contributed by atoms with Crippen LogP contribution in [0.2, 0.25) is 0 Å². The number of carbonyl (C=O) groups is 2. The summed E-state index contributed by atoms with van der Waals surface area (Å²) in [5.41, 5.74) is 1.59. The van der Waals surface area contributed by atoms with Crippen molar-refractivity contribution in [3.8, 4) is 17.2 Å². The van der Waals surface area contributed by atoms with E-state index in [1.54, 1.807) is 30.3 Å².